The monoisotopic (exact) mass is 206 g/mol. The number of fused-ring (bicyclic) bond motifs is 1. The Bertz CT molecular complexity index is 360. The van der Waals surface area contributed by atoms with Gasteiger partial charge in [0.25, 0.3) is 0 Å². The van der Waals surface area contributed by atoms with Gasteiger partial charge < -0.3 is 9.84 Å². The number of benzene rings is 1. The number of carboxylic acids is 1. The summed E-state index contributed by atoms with van der Waals surface area (Å²) in [6.07, 6.45) is 3.03. The molecule has 0 saturated carbocycles. The Morgan fingerprint density at radius 2 is 2.27 bits per heavy atom. The molecule has 0 radical (unpaired) electrons. The van der Waals surface area contributed by atoms with E-state index in [-0.39, 0.29) is 12.7 Å². The first kappa shape index (κ1) is 10.2. The topological polar surface area (TPSA) is 46.5 Å². The molecule has 1 atom stereocenters. The lowest BCUT2D eigenvalue weighted by Gasteiger charge is -2.24. The molecule has 0 saturated heterocycles. The van der Waals surface area contributed by atoms with E-state index in [1.165, 1.54) is 5.56 Å². The summed E-state index contributed by atoms with van der Waals surface area (Å²) in [7, 11) is 0. The summed E-state index contributed by atoms with van der Waals surface area (Å²) >= 11 is 0. The van der Waals surface area contributed by atoms with Gasteiger partial charge in [-0.2, -0.15) is 0 Å². The van der Waals surface area contributed by atoms with Crippen LogP contribution in [0.2, 0.25) is 0 Å². The fourth-order valence-corrected chi connectivity index (χ4v) is 2.05. The summed E-state index contributed by atoms with van der Waals surface area (Å²) in [5.41, 5.74) is 2.45. The molecule has 1 aliphatic rings. The molecule has 80 valence electrons. The highest BCUT2D eigenvalue weighted by Gasteiger charge is 2.20. The number of hydrogen-bond acceptors (Lipinski definition) is 2. The lowest BCUT2D eigenvalue weighted by Crippen LogP contribution is -2.16. The van der Waals surface area contributed by atoms with E-state index in [2.05, 4.69) is 6.07 Å². The van der Waals surface area contributed by atoms with Crippen molar-refractivity contribution in [1.82, 2.24) is 0 Å². The molecule has 1 aromatic rings. The number of ether oxygens (including phenoxy) is 1. The van der Waals surface area contributed by atoms with Crippen LogP contribution in [0.15, 0.2) is 24.3 Å². The fraction of sp³-hybridized carbons (Fsp3) is 0.417. The van der Waals surface area contributed by atoms with Gasteiger partial charge in [-0.05, 0) is 30.4 Å². The van der Waals surface area contributed by atoms with Crippen molar-refractivity contribution in [2.75, 3.05) is 6.61 Å². The van der Waals surface area contributed by atoms with E-state index >= 15 is 0 Å². The minimum Gasteiger partial charge on any atom is -0.480 e. The van der Waals surface area contributed by atoms with Crippen molar-refractivity contribution < 1.29 is 14.6 Å². The Hall–Kier alpha value is -1.35. The molecule has 0 bridgehead atoms. The van der Waals surface area contributed by atoms with Gasteiger partial charge in [-0.3, -0.25) is 0 Å². The van der Waals surface area contributed by atoms with Crippen LogP contribution in [0, 0.1) is 0 Å². The number of carboxylic acid groups (broad SMARTS) is 1. The number of rotatable bonds is 3. The third-order valence-corrected chi connectivity index (χ3v) is 2.72. The third-order valence-electron chi connectivity index (χ3n) is 2.72. The van der Waals surface area contributed by atoms with Gasteiger partial charge in [0.2, 0.25) is 0 Å². The Morgan fingerprint density at radius 1 is 1.47 bits per heavy atom. The zero-order valence-electron chi connectivity index (χ0n) is 8.48. The van der Waals surface area contributed by atoms with E-state index in [1.54, 1.807) is 0 Å². The first-order valence-electron chi connectivity index (χ1n) is 5.18. The molecule has 1 aromatic carbocycles. The molecular weight excluding hydrogens is 192 g/mol. The predicted molar refractivity (Wildman–Crippen MR) is 55.7 cm³/mol. The van der Waals surface area contributed by atoms with Gasteiger partial charge >= 0.3 is 5.97 Å². The number of aliphatic carboxylic acids is 1. The molecular formula is C12H14O3. The Labute approximate surface area is 88.7 Å². The van der Waals surface area contributed by atoms with Crippen LogP contribution >= 0.6 is 0 Å². The maximum Gasteiger partial charge on any atom is 0.329 e. The number of carbonyl (C=O) groups is 1. The normalized spacial score (nSPS) is 19.6. The van der Waals surface area contributed by atoms with Crippen molar-refractivity contribution in [3.8, 4) is 0 Å². The summed E-state index contributed by atoms with van der Waals surface area (Å²) in [5, 5.41) is 8.57. The lowest BCUT2D eigenvalue weighted by atomic mass is 9.89. The number of hydrogen-bond donors (Lipinski definition) is 1. The molecule has 0 aromatic heterocycles. The minimum atomic E-state index is -0.905. The van der Waals surface area contributed by atoms with Crippen LogP contribution in [0.4, 0.5) is 0 Å². The van der Waals surface area contributed by atoms with Gasteiger partial charge in [0.05, 0.1) is 6.10 Å². The van der Waals surface area contributed by atoms with Gasteiger partial charge in [-0.15, -0.1) is 0 Å². The maximum atomic E-state index is 10.4. The first-order valence-corrected chi connectivity index (χ1v) is 5.18. The Kier molecular flexibility index (Phi) is 3.02. The molecule has 0 spiro atoms. The van der Waals surface area contributed by atoms with Crippen molar-refractivity contribution in [3.05, 3.63) is 35.4 Å². The van der Waals surface area contributed by atoms with E-state index in [0.29, 0.717) is 0 Å². The maximum absolute atomic E-state index is 10.4. The SMILES string of the molecule is O=C(O)CO[C@@H]1CCCc2ccccc21. The van der Waals surface area contributed by atoms with Crippen LogP contribution in [-0.4, -0.2) is 17.7 Å². The van der Waals surface area contributed by atoms with Gasteiger partial charge in [0, 0.05) is 0 Å². The molecule has 1 N–H and O–H groups in total. The zero-order chi connectivity index (χ0) is 10.7. The molecule has 0 amide bonds. The van der Waals surface area contributed by atoms with E-state index < -0.39 is 5.97 Å². The van der Waals surface area contributed by atoms with E-state index in [1.807, 2.05) is 18.2 Å². The second kappa shape index (κ2) is 4.45. The second-order valence-electron chi connectivity index (χ2n) is 3.78. The molecule has 3 heteroatoms. The van der Waals surface area contributed by atoms with Gasteiger partial charge in [-0.1, -0.05) is 24.3 Å². The largest absolute Gasteiger partial charge is 0.480 e. The van der Waals surface area contributed by atoms with Crippen molar-refractivity contribution >= 4 is 5.97 Å². The van der Waals surface area contributed by atoms with E-state index in [9.17, 15) is 4.79 Å². The lowest BCUT2D eigenvalue weighted by molar-refractivity contribution is -0.144. The Morgan fingerprint density at radius 3 is 3.07 bits per heavy atom. The molecule has 0 fully saturated rings. The van der Waals surface area contributed by atoms with Crippen LogP contribution in [0.25, 0.3) is 0 Å². The molecule has 0 unspecified atom stereocenters. The first-order chi connectivity index (χ1) is 7.27. The van der Waals surface area contributed by atoms with Gasteiger partial charge in [0.1, 0.15) is 6.61 Å². The summed E-state index contributed by atoms with van der Waals surface area (Å²) in [6.45, 7) is -0.209. The average Bonchev–Trinajstić information content (AvgIpc) is 2.26. The van der Waals surface area contributed by atoms with Gasteiger partial charge in [-0.25, -0.2) is 4.79 Å². The van der Waals surface area contributed by atoms with E-state index in [4.69, 9.17) is 9.84 Å². The van der Waals surface area contributed by atoms with Crippen LogP contribution in [0.1, 0.15) is 30.1 Å². The molecule has 2 rings (SSSR count). The molecule has 0 heterocycles. The smallest absolute Gasteiger partial charge is 0.329 e. The summed E-state index contributed by atoms with van der Waals surface area (Å²) < 4.78 is 5.37. The molecule has 1 aliphatic carbocycles. The minimum absolute atomic E-state index is 0.0361. The Balaban J connectivity index is 2.11. The third kappa shape index (κ3) is 2.36. The molecule has 15 heavy (non-hydrogen) atoms. The van der Waals surface area contributed by atoms with Crippen LogP contribution < -0.4 is 0 Å². The summed E-state index contributed by atoms with van der Waals surface area (Å²) in [6, 6.07) is 8.10. The molecule has 3 nitrogen and oxygen atoms in total. The standard InChI is InChI=1S/C12H14O3/c13-12(14)8-15-11-7-3-5-9-4-1-2-6-10(9)11/h1-2,4,6,11H,3,5,7-8H2,(H,13,14)/t11-/m1/s1. The van der Waals surface area contributed by atoms with Crippen LogP contribution in [-0.2, 0) is 16.0 Å². The van der Waals surface area contributed by atoms with E-state index in [0.717, 1.165) is 24.8 Å². The van der Waals surface area contributed by atoms with Gasteiger partial charge in [0.15, 0.2) is 0 Å². The zero-order valence-corrected chi connectivity index (χ0v) is 8.48. The quantitative estimate of drug-likeness (QED) is 0.824. The van der Waals surface area contributed by atoms with Crippen LogP contribution in [0.3, 0.4) is 0 Å². The van der Waals surface area contributed by atoms with Crippen LogP contribution in [0.5, 0.6) is 0 Å². The van der Waals surface area contributed by atoms with Crippen molar-refractivity contribution in [2.45, 2.75) is 25.4 Å². The second-order valence-corrected chi connectivity index (χ2v) is 3.78. The highest BCUT2D eigenvalue weighted by molar-refractivity contribution is 5.68. The number of aryl methyl sites for hydroxylation is 1. The summed E-state index contributed by atoms with van der Waals surface area (Å²) in [5.74, 6) is -0.905. The van der Waals surface area contributed by atoms with Crippen molar-refractivity contribution in [3.63, 3.8) is 0 Å². The average molecular weight is 206 g/mol. The predicted octanol–water partition coefficient (Wildman–Crippen LogP) is 2.17. The summed E-state index contributed by atoms with van der Waals surface area (Å²) in [4.78, 5) is 10.4. The fourth-order valence-electron chi connectivity index (χ4n) is 2.05. The highest BCUT2D eigenvalue weighted by Crippen LogP contribution is 2.31. The highest BCUT2D eigenvalue weighted by atomic mass is 16.5. The van der Waals surface area contributed by atoms with Crippen molar-refractivity contribution in [2.24, 2.45) is 0 Å². The van der Waals surface area contributed by atoms with Crippen molar-refractivity contribution in [1.29, 1.82) is 0 Å². The molecule has 0 aliphatic heterocycles.